The van der Waals surface area contributed by atoms with Crippen LogP contribution >= 0.6 is 11.3 Å². The van der Waals surface area contributed by atoms with Crippen LogP contribution in [0.3, 0.4) is 0 Å². The Labute approximate surface area is 99.4 Å². The predicted octanol–water partition coefficient (Wildman–Crippen LogP) is 1.30. The van der Waals surface area contributed by atoms with Crippen molar-refractivity contribution in [1.82, 2.24) is 16.0 Å². The first-order valence-corrected chi connectivity index (χ1v) is 6.50. The second-order valence-corrected chi connectivity index (χ2v) is 4.97. The number of hydrogen-bond acceptors (Lipinski definition) is 3. The number of rotatable bonds is 4. The van der Waals surface area contributed by atoms with Gasteiger partial charge in [-0.05, 0) is 30.8 Å². The van der Waals surface area contributed by atoms with Gasteiger partial charge >= 0.3 is 6.03 Å². The van der Waals surface area contributed by atoms with Gasteiger partial charge in [0.1, 0.15) is 0 Å². The van der Waals surface area contributed by atoms with Crippen LogP contribution in [0.1, 0.15) is 17.7 Å². The molecule has 16 heavy (non-hydrogen) atoms. The molecule has 1 unspecified atom stereocenters. The molecule has 3 N–H and O–H groups in total. The van der Waals surface area contributed by atoms with Gasteiger partial charge in [0.25, 0.3) is 0 Å². The highest BCUT2D eigenvalue weighted by Crippen LogP contribution is 2.07. The molecule has 0 saturated carbocycles. The maximum atomic E-state index is 11.4. The van der Waals surface area contributed by atoms with E-state index >= 15 is 0 Å². The number of carbonyl (C=O) groups is 1. The van der Waals surface area contributed by atoms with Crippen LogP contribution in [-0.2, 0) is 6.54 Å². The zero-order valence-corrected chi connectivity index (χ0v) is 9.98. The van der Waals surface area contributed by atoms with Crippen LogP contribution in [0, 0.1) is 0 Å². The summed E-state index contributed by atoms with van der Waals surface area (Å²) >= 11 is 1.65. The largest absolute Gasteiger partial charge is 0.337 e. The lowest BCUT2D eigenvalue weighted by atomic mass is 10.2. The molecule has 1 aromatic heterocycles. The van der Waals surface area contributed by atoms with Gasteiger partial charge in [-0.2, -0.15) is 0 Å². The molecular weight excluding hydrogens is 222 g/mol. The van der Waals surface area contributed by atoms with Crippen LogP contribution in [0.4, 0.5) is 4.79 Å². The van der Waals surface area contributed by atoms with E-state index in [4.69, 9.17) is 0 Å². The quantitative estimate of drug-likeness (QED) is 0.742. The van der Waals surface area contributed by atoms with E-state index in [-0.39, 0.29) is 6.03 Å². The number of urea groups is 1. The summed E-state index contributed by atoms with van der Waals surface area (Å²) in [6.45, 7) is 2.40. The molecule has 2 heterocycles. The van der Waals surface area contributed by atoms with Gasteiger partial charge < -0.3 is 16.0 Å². The Morgan fingerprint density at radius 2 is 2.50 bits per heavy atom. The molecule has 2 amide bonds. The highest BCUT2D eigenvalue weighted by atomic mass is 32.1. The third-order valence-corrected chi connectivity index (χ3v) is 3.55. The minimum absolute atomic E-state index is 0.0814. The molecule has 0 radical (unpaired) electrons. The molecule has 1 fully saturated rings. The minimum atomic E-state index is -0.0814. The first-order valence-electron chi connectivity index (χ1n) is 5.62. The fourth-order valence-electron chi connectivity index (χ4n) is 1.79. The third kappa shape index (κ3) is 3.50. The fourth-order valence-corrected chi connectivity index (χ4v) is 2.43. The summed E-state index contributed by atoms with van der Waals surface area (Å²) in [5.74, 6) is 0. The van der Waals surface area contributed by atoms with Crippen molar-refractivity contribution in [3.05, 3.63) is 22.4 Å². The van der Waals surface area contributed by atoms with Crippen molar-refractivity contribution in [3.8, 4) is 0 Å². The van der Waals surface area contributed by atoms with Crippen LogP contribution in [0.2, 0.25) is 0 Å². The number of amides is 2. The smallest absolute Gasteiger partial charge is 0.315 e. The minimum Gasteiger partial charge on any atom is -0.337 e. The SMILES string of the molecule is O=C(NCc1cccs1)NCC1CCCN1. The van der Waals surface area contributed by atoms with Crippen LogP contribution in [-0.4, -0.2) is 25.2 Å². The molecule has 1 saturated heterocycles. The summed E-state index contributed by atoms with van der Waals surface area (Å²) in [4.78, 5) is 12.6. The lowest BCUT2D eigenvalue weighted by Gasteiger charge is -2.11. The zero-order chi connectivity index (χ0) is 11.2. The highest BCUT2D eigenvalue weighted by Gasteiger charge is 2.14. The van der Waals surface area contributed by atoms with Gasteiger partial charge in [-0.25, -0.2) is 4.79 Å². The van der Waals surface area contributed by atoms with Crippen LogP contribution in [0.15, 0.2) is 17.5 Å². The Kier molecular flexibility index (Phi) is 4.18. The molecule has 0 spiro atoms. The Morgan fingerprint density at radius 1 is 1.56 bits per heavy atom. The van der Waals surface area contributed by atoms with Crippen molar-refractivity contribution in [3.63, 3.8) is 0 Å². The Bertz CT molecular complexity index is 320. The van der Waals surface area contributed by atoms with E-state index in [1.165, 1.54) is 11.3 Å². The summed E-state index contributed by atoms with van der Waals surface area (Å²) in [6.07, 6.45) is 2.37. The van der Waals surface area contributed by atoms with Crippen LogP contribution < -0.4 is 16.0 Å². The van der Waals surface area contributed by atoms with Crippen molar-refractivity contribution in [2.24, 2.45) is 0 Å². The van der Waals surface area contributed by atoms with E-state index < -0.39 is 0 Å². The molecule has 88 valence electrons. The second kappa shape index (κ2) is 5.86. The van der Waals surface area contributed by atoms with Crippen molar-refractivity contribution in [1.29, 1.82) is 0 Å². The monoisotopic (exact) mass is 239 g/mol. The van der Waals surface area contributed by atoms with E-state index in [1.54, 1.807) is 11.3 Å². The van der Waals surface area contributed by atoms with E-state index in [9.17, 15) is 4.79 Å². The molecule has 1 aromatic rings. The van der Waals surface area contributed by atoms with E-state index in [0.717, 1.165) is 19.5 Å². The predicted molar refractivity (Wildman–Crippen MR) is 65.6 cm³/mol. The molecule has 5 heteroatoms. The molecule has 0 aliphatic carbocycles. The first-order chi connectivity index (χ1) is 7.84. The molecular formula is C11H17N3OS. The van der Waals surface area contributed by atoms with Gasteiger partial charge in [-0.1, -0.05) is 6.07 Å². The summed E-state index contributed by atoms with van der Waals surface area (Å²) in [5.41, 5.74) is 0. The maximum Gasteiger partial charge on any atom is 0.315 e. The number of carbonyl (C=O) groups excluding carboxylic acids is 1. The summed E-state index contributed by atoms with van der Waals surface area (Å²) in [5, 5.41) is 11.1. The van der Waals surface area contributed by atoms with Gasteiger partial charge in [-0.3, -0.25) is 0 Å². The van der Waals surface area contributed by atoms with Crippen LogP contribution in [0.25, 0.3) is 0 Å². The Balaban J connectivity index is 1.60. The van der Waals surface area contributed by atoms with Crippen molar-refractivity contribution < 1.29 is 4.79 Å². The van der Waals surface area contributed by atoms with Gasteiger partial charge in [0, 0.05) is 17.5 Å². The van der Waals surface area contributed by atoms with Gasteiger partial charge in [-0.15, -0.1) is 11.3 Å². The van der Waals surface area contributed by atoms with Crippen molar-refractivity contribution in [2.75, 3.05) is 13.1 Å². The number of thiophene rings is 1. The third-order valence-electron chi connectivity index (χ3n) is 2.67. The van der Waals surface area contributed by atoms with E-state index in [1.807, 2.05) is 17.5 Å². The molecule has 4 nitrogen and oxygen atoms in total. The molecule has 0 aromatic carbocycles. The lowest BCUT2D eigenvalue weighted by Crippen LogP contribution is -2.42. The summed E-state index contributed by atoms with van der Waals surface area (Å²) in [6, 6.07) is 4.38. The van der Waals surface area contributed by atoms with Gasteiger partial charge in [0.05, 0.1) is 6.54 Å². The molecule has 2 rings (SSSR count). The summed E-state index contributed by atoms with van der Waals surface area (Å²) < 4.78 is 0. The molecule has 1 aliphatic heterocycles. The highest BCUT2D eigenvalue weighted by molar-refractivity contribution is 7.09. The topological polar surface area (TPSA) is 53.2 Å². The number of nitrogens with one attached hydrogen (secondary N) is 3. The van der Waals surface area contributed by atoms with Crippen molar-refractivity contribution >= 4 is 17.4 Å². The van der Waals surface area contributed by atoms with Crippen LogP contribution in [0.5, 0.6) is 0 Å². The standard InChI is InChI=1S/C11H17N3OS/c15-11(13-7-9-3-1-5-12-9)14-8-10-4-2-6-16-10/h2,4,6,9,12H,1,3,5,7-8H2,(H2,13,14,15). The lowest BCUT2D eigenvalue weighted by molar-refractivity contribution is 0.239. The Hall–Kier alpha value is -1.07. The fraction of sp³-hybridized carbons (Fsp3) is 0.545. The zero-order valence-electron chi connectivity index (χ0n) is 9.16. The maximum absolute atomic E-state index is 11.4. The molecule has 1 aliphatic rings. The van der Waals surface area contributed by atoms with Gasteiger partial charge in [0.2, 0.25) is 0 Å². The average molecular weight is 239 g/mol. The normalized spacial score (nSPS) is 19.6. The Morgan fingerprint density at radius 3 is 3.19 bits per heavy atom. The summed E-state index contributed by atoms with van der Waals surface area (Å²) in [7, 11) is 0. The van der Waals surface area contributed by atoms with Crippen molar-refractivity contribution in [2.45, 2.75) is 25.4 Å². The first kappa shape index (κ1) is 11.4. The van der Waals surface area contributed by atoms with Gasteiger partial charge in [0.15, 0.2) is 0 Å². The average Bonchev–Trinajstić information content (AvgIpc) is 2.96. The van der Waals surface area contributed by atoms with E-state index in [2.05, 4.69) is 16.0 Å². The number of hydrogen-bond donors (Lipinski definition) is 3. The molecule has 0 bridgehead atoms. The second-order valence-electron chi connectivity index (χ2n) is 3.94. The van der Waals surface area contributed by atoms with E-state index in [0.29, 0.717) is 12.6 Å². The molecule has 1 atom stereocenters.